The van der Waals surface area contributed by atoms with Crippen LogP contribution < -0.4 is 10.2 Å². The van der Waals surface area contributed by atoms with E-state index in [9.17, 15) is 24.8 Å². The normalized spacial score (nSPS) is 16.6. The minimum absolute atomic E-state index is 0.0300. The topological polar surface area (TPSA) is 113 Å². The monoisotopic (exact) mass is 375 g/mol. The van der Waals surface area contributed by atoms with E-state index in [0.29, 0.717) is 10.7 Å². The number of carbonyl (C=O) groups excluding carboxylic acids is 2. The molecule has 1 aliphatic heterocycles. The highest BCUT2D eigenvalue weighted by molar-refractivity contribution is 6.30. The van der Waals surface area contributed by atoms with Gasteiger partial charge in [-0.3, -0.25) is 19.7 Å². The number of nitrogens with zero attached hydrogens (tertiary/aromatic N) is 2. The molecular formula is C17H14ClN3O5. The van der Waals surface area contributed by atoms with Crippen LogP contribution in [0.5, 0.6) is 5.75 Å². The van der Waals surface area contributed by atoms with Crippen molar-refractivity contribution in [2.45, 2.75) is 6.42 Å². The standard InChI is InChI=1S/C17H14ClN3O5/c18-11-1-3-12(4-2-11)20-9-10(7-16(20)23)17(24)19-14-6-5-13(21(25)26)8-15(14)22/h1-6,8,10,22H,7,9H2,(H,19,24). The molecule has 2 aromatic carbocycles. The summed E-state index contributed by atoms with van der Waals surface area (Å²) in [6.07, 6.45) is 0.0300. The second kappa shape index (κ2) is 7.01. The average molecular weight is 376 g/mol. The number of benzene rings is 2. The van der Waals surface area contributed by atoms with Crippen molar-refractivity contribution in [2.24, 2.45) is 5.92 Å². The van der Waals surface area contributed by atoms with Gasteiger partial charge in [-0.1, -0.05) is 11.6 Å². The number of halogens is 1. The third kappa shape index (κ3) is 3.60. The van der Waals surface area contributed by atoms with E-state index < -0.39 is 22.5 Å². The second-order valence-electron chi connectivity index (χ2n) is 5.83. The number of phenolic OH excluding ortho intramolecular Hbond substituents is 1. The van der Waals surface area contributed by atoms with Crippen LogP contribution in [0.4, 0.5) is 17.1 Å². The minimum Gasteiger partial charge on any atom is -0.506 e. The number of amides is 2. The van der Waals surface area contributed by atoms with E-state index in [0.717, 1.165) is 6.07 Å². The van der Waals surface area contributed by atoms with Crippen LogP contribution in [0.3, 0.4) is 0 Å². The second-order valence-corrected chi connectivity index (χ2v) is 6.27. The van der Waals surface area contributed by atoms with Crippen molar-refractivity contribution < 1.29 is 19.6 Å². The van der Waals surface area contributed by atoms with Gasteiger partial charge < -0.3 is 15.3 Å². The molecule has 1 saturated heterocycles. The Morgan fingerprint density at radius 2 is 1.96 bits per heavy atom. The molecule has 0 saturated carbocycles. The molecule has 1 atom stereocenters. The van der Waals surface area contributed by atoms with Crippen LogP contribution in [0.2, 0.25) is 5.02 Å². The summed E-state index contributed by atoms with van der Waals surface area (Å²) in [6, 6.07) is 10.1. The Bertz CT molecular complexity index is 884. The van der Waals surface area contributed by atoms with Crippen molar-refractivity contribution in [2.75, 3.05) is 16.8 Å². The van der Waals surface area contributed by atoms with E-state index in [1.807, 2.05) is 0 Å². The quantitative estimate of drug-likeness (QED) is 0.484. The first-order valence-electron chi connectivity index (χ1n) is 7.69. The first-order chi connectivity index (χ1) is 12.3. The smallest absolute Gasteiger partial charge is 0.273 e. The van der Waals surface area contributed by atoms with Gasteiger partial charge in [-0.2, -0.15) is 0 Å². The fraction of sp³-hybridized carbons (Fsp3) is 0.176. The molecule has 0 bridgehead atoms. The van der Waals surface area contributed by atoms with Crippen molar-refractivity contribution >= 4 is 40.5 Å². The zero-order valence-electron chi connectivity index (χ0n) is 13.4. The van der Waals surface area contributed by atoms with Gasteiger partial charge in [-0.15, -0.1) is 0 Å². The highest BCUT2D eigenvalue weighted by atomic mass is 35.5. The Morgan fingerprint density at radius 3 is 2.58 bits per heavy atom. The molecule has 26 heavy (non-hydrogen) atoms. The predicted molar refractivity (Wildman–Crippen MR) is 95.3 cm³/mol. The molecule has 1 aliphatic rings. The molecule has 2 amide bonds. The Hall–Kier alpha value is -3.13. The number of anilines is 2. The van der Waals surface area contributed by atoms with Crippen molar-refractivity contribution in [3.8, 4) is 5.75 Å². The molecule has 1 fully saturated rings. The van der Waals surface area contributed by atoms with E-state index in [4.69, 9.17) is 11.6 Å². The van der Waals surface area contributed by atoms with Gasteiger partial charge in [-0.05, 0) is 30.3 Å². The van der Waals surface area contributed by atoms with Crippen LogP contribution in [0.15, 0.2) is 42.5 Å². The fourth-order valence-electron chi connectivity index (χ4n) is 2.73. The molecule has 9 heteroatoms. The number of nitrogens with one attached hydrogen (secondary N) is 1. The van der Waals surface area contributed by atoms with Crippen LogP contribution in [0, 0.1) is 16.0 Å². The van der Waals surface area contributed by atoms with Gasteiger partial charge in [-0.25, -0.2) is 0 Å². The van der Waals surface area contributed by atoms with Crippen molar-refractivity contribution in [3.05, 3.63) is 57.6 Å². The number of hydrogen-bond donors (Lipinski definition) is 2. The summed E-state index contributed by atoms with van der Waals surface area (Å²) in [5.74, 6) is -1.65. The molecular weight excluding hydrogens is 362 g/mol. The van der Waals surface area contributed by atoms with E-state index in [1.165, 1.54) is 17.0 Å². The molecule has 1 heterocycles. The first kappa shape index (κ1) is 17.7. The lowest BCUT2D eigenvalue weighted by molar-refractivity contribution is -0.384. The highest BCUT2D eigenvalue weighted by Gasteiger charge is 2.35. The van der Waals surface area contributed by atoms with E-state index in [2.05, 4.69) is 5.32 Å². The Balaban J connectivity index is 1.70. The molecule has 134 valence electrons. The van der Waals surface area contributed by atoms with Crippen LogP contribution in [-0.4, -0.2) is 28.4 Å². The summed E-state index contributed by atoms with van der Waals surface area (Å²) in [7, 11) is 0. The number of nitro groups is 1. The van der Waals surface area contributed by atoms with Gasteiger partial charge in [0.15, 0.2) is 0 Å². The van der Waals surface area contributed by atoms with Crippen LogP contribution in [0.1, 0.15) is 6.42 Å². The number of non-ortho nitro benzene ring substituents is 1. The van der Waals surface area contributed by atoms with Crippen molar-refractivity contribution in [3.63, 3.8) is 0 Å². The van der Waals surface area contributed by atoms with Gasteiger partial charge in [0.1, 0.15) is 5.75 Å². The number of carbonyl (C=O) groups is 2. The summed E-state index contributed by atoms with van der Waals surface area (Å²) < 4.78 is 0. The summed E-state index contributed by atoms with van der Waals surface area (Å²) in [5.41, 5.74) is 0.413. The number of phenols is 1. The lowest BCUT2D eigenvalue weighted by Crippen LogP contribution is -2.28. The Morgan fingerprint density at radius 1 is 1.27 bits per heavy atom. The maximum Gasteiger partial charge on any atom is 0.273 e. The van der Waals surface area contributed by atoms with Gasteiger partial charge in [0.2, 0.25) is 11.8 Å². The zero-order valence-corrected chi connectivity index (χ0v) is 14.1. The molecule has 2 aromatic rings. The van der Waals surface area contributed by atoms with Gasteiger partial charge in [0.25, 0.3) is 5.69 Å². The molecule has 0 spiro atoms. The third-order valence-electron chi connectivity index (χ3n) is 4.08. The Labute approximate surface area is 153 Å². The Kier molecular flexibility index (Phi) is 4.77. The number of hydrogen-bond acceptors (Lipinski definition) is 5. The minimum atomic E-state index is -0.648. The molecule has 2 N–H and O–H groups in total. The number of aromatic hydroxyl groups is 1. The lowest BCUT2D eigenvalue weighted by Gasteiger charge is -2.17. The lowest BCUT2D eigenvalue weighted by atomic mass is 10.1. The van der Waals surface area contributed by atoms with E-state index >= 15 is 0 Å². The molecule has 8 nitrogen and oxygen atoms in total. The predicted octanol–water partition coefficient (Wildman–Crippen LogP) is 2.95. The van der Waals surface area contributed by atoms with Crippen LogP contribution in [0.25, 0.3) is 0 Å². The maximum absolute atomic E-state index is 12.4. The molecule has 0 aromatic heterocycles. The zero-order chi connectivity index (χ0) is 18.8. The van der Waals surface area contributed by atoms with Gasteiger partial charge in [0.05, 0.1) is 22.6 Å². The highest BCUT2D eigenvalue weighted by Crippen LogP contribution is 2.30. The average Bonchev–Trinajstić information content (AvgIpc) is 2.99. The third-order valence-corrected chi connectivity index (χ3v) is 4.34. The largest absolute Gasteiger partial charge is 0.506 e. The van der Waals surface area contributed by atoms with Crippen molar-refractivity contribution in [1.29, 1.82) is 0 Å². The summed E-state index contributed by atoms with van der Waals surface area (Å²) >= 11 is 5.84. The van der Waals surface area contributed by atoms with Crippen LogP contribution >= 0.6 is 11.6 Å². The first-order valence-corrected chi connectivity index (χ1v) is 8.07. The molecule has 0 radical (unpaired) electrons. The SMILES string of the molecule is O=C(Nc1ccc([N+](=O)[O-])cc1O)C1CC(=O)N(c2ccc(Cl)cc2)C1. The fourth-order valence-corrected chi connectivity index (χ4v) is 2.85. The van der Waals surface area contributed by atoms with Crippen molar-refractivity contribution in [1.82, 2.24) is 0 Å². The molecule has 1 unspecified atom stereocenters. The summed E-state index contributed by atoms with van der Waals surface area (Å²) in [6.45, 7) is 0.194. The van der Waals surface area contributed by atoms with Gasteiger partial charge in [0, 0.05) is 29.7 Å². The number of rotatable bonds is 4. The van der Waals surface area contributed by atoms with E-state index in [1.54, 1.807) is 24.3 Å². The van der Waals surface area contributed by atoms with Gasteiger partial charge >= 0.3 is 0 Å². The molecule has 3 rings (SSSR count). The van der Waals surface area contributed by atoms with E-state index in [-0.39, 0.29) is 30.2 Å². The summed E-state index contributed by atoms with van der Waals surface area (Å²) in [4.78, 5) is 36.1. The summed E-state index contributed by atoms with van der Waals surface area (Å²) in [5, 5.41) is 23.6. The molecule has 0 aliphatic carbocycles. The van der Waals surface area contributed by atoms with Crippen LogP contribution in [-0.2, 0) is 9.59 Å². The maximum atomic E-state index is 12.4. The number of nitro benzene ring substituents is 1.